The number of carbonyl (C=O) groups is 1. The number of ether oxygens (including phenoxy) is 2. The molecule has 1 aliphatic carbocycles. The molecule has 1 heterocycles. The maximum Gasteiger partial charge on any atom is 0.337 e. The molecular formula is C17H24O3. The predicted molar refractivity (Wildman–Crippen MR) is 77.5 cm³/mol. The van der Waals surface area contributed by atoms with E-state index in [1.165, 1.54) is 31.8 Å². The van der Waals surface area contributed by atoms with Crippen molar-refractivity contribution in [3.8, 4) is 12.3 Å². The summed E-state index contributed by atoms with van der Waals surface area (Å²) in [5, 5.41) is 0. The third-order valence-corrected chi connectivity index (χ3v) is 4.55. The van der Waals surface area contributed by atoms with Crippen LogP contribution in [0.5, 0.6) is 0 Å². The Bertz CT molecular complexity index is 449. The van der Waals surface area contributed by atoms with Gasteiger partial charge in [0.05, 0.1) is 6.08 Å². The summed E-state index contributed by atoms with van der Waals surface area (Å²) in [6, 6.07) is 0. The topological polar surface area (TPSA) is 35.5 Å². The summed E-state index contributed by atoms with van der Waals surface area (Å²) in [6.45, 7) is 5.62. The van der Waals surface area contributed by atoms with Crippen LogP contribution in [-0.2, 0) is 14.3 Å². The van der Waals surface area contributed by atoms with Gasteiger partial charge in [0.2, 0.25) is 5.79 Å². The van der Waals surface area contributed by atoms with Gasteiger partial charge in [-0.1, -0.05) is 25.7 Å². The van der Waals surface area contributed by atoms with Crippen molar-refractivity contribution in [2.75, 3.05) is 0 Å². The molecule has 3 nitrogen and oxygen atoms in total. The number of terminal acetylenes is 1. The minimum absolute atomic E-state index is 0.198. The fourth-order valence-electron chi connectivity index (χ4n) is 3.47. The Morgan fingerprint density at radius 2 is 2.05 bits per heavy atom. The number of rotatable bonds is 4. The smallest absolute Gasteiger partial charge is 0.337 e. The SMILES string of the molecule is C#CC(CC)(CC1=CC(=O)OC(C)(C)O1)C1CCCC1. The molecule has 0 spiro atoms. The summed E-state index contributed by atoms with van der Waals surface area (Å²) >= 11 is 0. The Hall–Kier alpha value is -1.43. The third-order valence-electron chi connectivity index (χ3n) is 4.55. The average molecular weight is 276 g/mol. The van der Waals surface area contributed by atoms with Gasteiger partial charge in [0.15, 0.2) is 0 Å². The highest BCUT2D eigenvalue weighted by atomic mass is 16.7. The van der Waals surface area contributed by atoms with E-state index in [1.807, 2.05) is 0 Å². The van der Waals surface area contributed by atoms with Crippen molar-refractivity contribution in [3.05, 3.63) is 11.8 Å². The molecule has 1 unspecified atom stereocenters. The van der Waals surface area contributed by atoms with E-state index in [0.717, 1.165) is 6.42 Å². The van der Waals surface area contributed by atoms with E-state index in [4.69, 9.17) is 15.9 Å². The van der Waals surface area contributed by atoms with Gasteiger partial charge in [-0.05, 0) is 25.2 Å². The van der Waals surface area contributed by atoms with E-state index in [1.54, 1.807) is 13.8 Å². The van der Waals surface area contributed by atoms with Crippen LogP contribution >= 0.6 is 0 Å². The molecule has 1 aliphatic heterocycles. The van der Waals surface area contributed by atoms with Crippen LogP contribution in [0.2, 0.25) is 0 Å². The van der Waals surface area contributed by atoms with Crippen LogP contribution < -0.4 is 0 Å². The molecule has 0 radical (unpaired) electrons. The lowest BCUT2D eigenvalue weighted by molar-refractivity contribution is -0.207. The molecule has 2 rings (SSSR count). The maximum atomic E-state index is 11.6. The van der Waals surface area contributed by atoms with E-state index < -0.39 is 5.79 Å². The molecule has 20 heavy (non-hydrogen) atoms. The van der Waals surface area contributed by atoms with Gasteiger partial charge in [0.1, 0.15) is 5.76 Å². The van der Waals surface area contributed by atoms with Crippen molar-refractivity contribution < 1.29 is 14.3 Å². The molecule has 2 aliphatic rings. The van der Waals surface area contributed by atoms with Crippen molar-refractivity contribution in [1.29, 1.82) is 0 Å². The molecule has 0 amide bonds. The molecule has 1 saturated carbocycles. The average Bonchev–Trinajstić information content (AvgIpc) is 2.88. The van der Waals surface area contributed by atoms with Gasteiger partial charge in [-0.25, -0.2) is 4.79 Å². The molecule has 0 aromatic carbocycles. The lowest BCUT2D eigenvalue weighted by Crippen LogP contribution is -2.37. The molecule has 110 valence electrons. The second-order valence-corrected chi connectivity index (χ2v) is 6.35. The summed E-state index contributed by atoms with van der Waals surface area (Å²) in [5.41, 5.74) is -0.198. The lowest BCUT2D eigenvalue weighted by atomic mass is 9.70. The number of cyclic esters (lactones) is 1. The largest absolute Gasteiger partial charge is 0.457 e. The van der Waals surface area contributed by atoms with Crippen LogP contribution in [0.25, 0.3) is 0 Å². The molecule has 1 fully saturated rings. The normalized spacial score (nSPS) is 25.1. The first-order valence-electron chi connectivity index (χ1n) is 7.51. The number of hydrogen-bond donors (Lipinski definition) is 0. The quantitative estimate of drug-likeness (QED) is 0.579. The Morgan fingerprint density at radius 3 is 2.55 bits per heavy atom. The first-order chi connectivity index (χ1) is 9.41. The van der Waals surface area contributed by atoms with Crippen LogP contribution in [0.3, 0.4) is 0 Å². The summed E-state index contributed by atoms with van der Waals surface area (Å²) in [6.07, 6.45) is 13.7. The standard InChI is InChI=1S/C17H24O3/c1-5-17(6-2,13-9-7-8-10-13)12-14-11-15(18)20-16(3,4)19-14/h1,11,13H,6-10,12H2,2-4H3. The zero-order valence-electron chi connectivity index (χ0n) is 12.7. The van der Waals surface area contributed by atoms with E-state index in [-0.39, 0.29) is 11.4 Å². The number of esters is 1. The monoisotopic (exact) mass is 276 g/mol. The highest BCUT2D eigenvalue weighted by molar-refractivity contribution is 5.83. The Labute approximate surface area is 121 Å². The van der Waals surface area contributed by atoms with Gasteiger partial charge in [0.25, 0.3) is 0 Å². The number of carbonyl (C=O) groups excluding carboxylic acids is 1. The summed E-state index contributed by atoms with van der Waals surface area (Å²) in [4.78, 5) is 11.6. The predicted octanol–water partition coefficient (Wildman–Crippen LogP) is 3.79. The third kappa shape index (κ3) is 3.00. The Kier molecular flexibility index (Phi) is 4.13. The van der Waals surface area contributed by atoms with E-state index in [0.29, 0.717) is 18.1 Å². The van der Waals surface area contributed by atoms with Gasteiger partial charge >= 0.3 is 5.97 Å². The van der Waals surface area contributed by atoms with E-state index in [2.05, 4.69) is 12.8 Å². The summed E-state index contributed by atoms with van der Waals surface area (Å²) in [5.74, 6) is 2.98. The van der Waals surface area contributed by atoms with Crippen LogP contribution in [0, 0.1) is 23.7 Å². The minimum Gasteiger partial charge on any atom is -0.457 e. The Morgan fingerprint density at radius 1 is 1.40 bits per heavy atom. The summed E-state index contributed by atoms with van der Waals surface area (Å²) in [7, 11) is 0. The van der Waals surface area contributed by atoms with Crippen LogP contribution in [0.15, 0.2) is 11.8 Å². The van der Waals surface area contributed by atoms with Crippen molar-refractivity contribution in [2.45, 2.75) is 65.1 Å². The second-order valence-electron chi connectivity index (χ2n) is 6.35. The Balaban J connectivity index is 2.20. The molecule has 0 bridgehead atoms. The molecule has 0 saturated heterocycles. The summed E-state index contributed by atoms with van der Waals surface area (Å²) < 4.78 is 10.9. The molecular weight excluding hydrogens is 252 g/mol. The molecule has 0 aromatic rings. The zero-order chi connectivity index (χ0) is 14.8. The molecule has 0 aromatic heterocycles. The molecule has 1 atom stereocenters. The van der Waals surface area contributed by atoms with Crippen molar-refractivity contribution in [2.24, 2.45) is 11.3 Å². The minimum atomic E-state index is -0.898. The van der Waals surface area contributed by atoms with Gasteiger partial charge in [-0.15, -0.1) is 6.42 Å². The lowest BCUT2D eigenvalue weighted by Gasteiger charge is -2.37. The maximum absolute atomic E-state index is 11.6. The van der Waals surface area contributed by atoms with E-state index in [9.17, 15) is 4.79 Å². The van der Waals surface area contributed by atoms with E-state index >= 15 is 0 Å². The zero-order valence-corrected chi connectivity index (χ0v) is 12.7. The van der Waals surface area contributed by atoms with Gasteiger partial charge < -0.3 is 9.47 Å². The van der Waals surface area contributed by atoms with Crippen molar-refractivity contribution in [1.82, 2.24) is 0 Å². The first kappa shape index (κ1) is 15.0. The fraction of sp³-hybridized carbons (Fsp3) is 0.706. The van der Waals surface area contributed by atoms with Crippen LogP contribution in [0.4, 0.5) is 0 Å². The fourth-order valence-corrected chi connectivity index (χ4v) is 3.47. The van der Waals surface area contributed by atoms with Crippen LogP contribution in [-0.4, -0.2) is 11.8 Å². The van der Waals surface area contributed by atoms with Crippen LogP contribution in [0.1, 0.15) is 59.3 Å². The first-order valence-corrected chi connectivity index (χ1v) is 7.51. The molecule has 3 heteroatoms. The van der Waals surface area contributed by atoms with Crippen molar-refractivity contribution in [3.63, 3.8) is 0 Å². The van der Waals surface area contributed by atoms with Gasteiger partial charge in [-0.3, -0.25) is 0 Å². The van der Waals surface area contributed by atoms with Gasteiger partial charge in [0, 0.05) is 25.7 Å². The van der Waals surface area contributed by atoms with Crippen molar-refractivity contribution >= 4 is 5.97 Å². The number of hydrogen-bond acceptors (Lipinski definition) is 3. The number of allylic oxidation sites excluding steroid dienone is 1. The second kappa shape index (κ2) is 5.52. The highest BCUT2D eigenvalue weighted by Crippen LogP contribution is 2.46. The molecule has 0 N–H and O–H groups in total. The van der Waals surface area contributed by atoms with Gasteiger partial charge in [-0.2, -0.15) is 0 Å². The highest BCUT2D eigenvalue weighted by Gasteiger charge is 2.40.